The Bertz CT molecular complexity index is 631. The topological polar surface area (TPSA) is 69.7 Å². The lowest BCUT2D eigenvalue weighted by atomic mass is 10.1. The number of benzene rings is 1. The number of nitrogens with one attached hydrogen (secondary N) is 1. The zero-order chi connectivity index (χ0) is 16.4. The van der Waals surface area contributed by atoms with E-state index in [0.29, 0.717) is 18.8 Å². The molecule has 4 amide bonds. The van der Waals surface area contributed by atoms with Gasteiger partial charge in [0.1, 0.15) is 11.9 Å². The van der Waals surface area contributed by atoms with E-state index in [-0.39, 0.29) is 12.3 Å². The zero-order valence-corrected chi connectivity index (χ0v) is 13.1. The van der Waals surface area contributed by atoms with E-state index in [1.54, 1.807) is 16.7 Å². The molecule has 1 aromatic rings. The number of thioether (sulfide) groups is 1. The van der Waals surface area contributed by atoms with Crippen LogP contribution in [-0.2, 0) is 9.59 Å². The van der Waals surface area contributed by atoms with Gasteiger partial charge in [0, 0.05) is 24.6 Å². The number of rotatable bonds is 3. The third-order valence-corrected chi connectivity index (χ3v) is 4.79. The molecule has 2 heterocycles. The van der Waals surface area contributed by atoms with Crippen molar-refractivity contribution in [3.8, 4) is 0 Å². The molecule has 3 rings (SSSR count). The smallest absolute Gasteiger partial charge is 0.329 e. The molecule has 0 aromatic heterocycles. The Morgan fingerprint density at radius 2 is 1.87 bits per heavy atom. The van der Waals surface area contributed by atoms with Crippen LogP contribution in [0.3, 0.4) is 0 Å². The number of carbonyl (C=O) groups is 3. The van der Waals surface area contributed by atoms with Crippen LogP contribution >= 0.6 is 11.8 Å². The van der Waals surface area contributed by atoms with Crippen LogP contribution in [0.5, 0.6) is 0 Å². The lowest BCUT2D eigenvalue weighted by molar-refractivity contribution is -0.133. The quantitative estimate of drug-likeness (QED) is 0.842. The summed E-state index contributed by atoms with van der Waals surface area (Å²) < 4.78 is 13.0. The number of carbonyl (C=O) groups excluding carboxylic acids is 3. The molecule has 0 saturated carbocycles. The highest BCUT2D eigenvalue weighted by Gasteiger charge is 2.40. The predicted molar refractivity (Wildman–Crippen MR) is 84.7 cm³/mol. The third kappa shape index (κ3) is 3.31. The second-order valence-corrected chi connectivity index (χ2v) is 6.57. The van der Waals surface area contributed by atoms with E-state index in [9.17, 15) is 18.8 Å². The third-order valence-electron chi connectivity index (χ3n) is 3.85. The zero-order valence-electron chi connectivity index (χ0n) is 12.3. The Morgan fingerprint density at radius 3 is 2.52 bits per heavy atom. The number of nitrogens with zero attached hydrogens (tertiary/aromatic N) is 2. The Morgan fingerprint density at radius 1 is 1.22 bits per heavy atom. The van der Waals surface area contributed by atoms with E-state index in [4.69, 9.17) is 0 Å². The summed E-state index contributed by atoms with van der Waals surface area (Å²) in [5, 5.41) is 2.53. The first kappa shape index (κ1) is 15.8. The van der Waals surface area contributed by atoms with Crippen LogP contribution in [0, 0.1) is 5.82 Å². The van der Waals surface area contributed by atoms with E-state index in [1.165, 1.54) is 24.3 Å². The van der Waals surface area contributed by atoms with Gasteiger partial charge in [-0.15, -0.1) is 0 Å². The Hall–Kier alpha value is -2.09. The maximum Gasteiger partial charge on any atom is 0.329 e. The van der Waals surface area contributed by atoms with Gasteiger partial charge in [0.15, 0.2) is 0 Å². The van der Waals surface area contributed by atoms with Gasteiger partial charge in [-0.25, -0.2) is 14.1 Å². The molecule has 1 N–H and O–H groups in total. The van der Waals surface area contributed by atoms with Crippen molar-refractivity contribution in [1.29, 1.82) is 0 Å². The average molecular weight is 337 g/mol. The van der Waals surface area contributed by atoms with E-state index in [1.807, 2.05) is 0 Å². The summed E-state index contributed by atoms with van der Waals surface area (Å²) in [5.74, 6) is 0.707. The summed E-state index contributed by atoms with van der Waals surface area (Å²) in [7, 11) is 0. The van der Waals surface area contributed by atoms with E-state index in [0.717, 1.165) is 16.4 Å². The van der Waals surface area contributed by atoms with Crippen molar-refractivity contribution in [3.05, 3.63) is 30.1 Å². The minimum absolute atomic E-state index is 0.0487. The van der Waals surface area contributed by atoms with Crippen LogP contribution in [0.4, 0.5) is 14.9 Å². The van der Waals surface area contributed by atoms with Crippen molar-refractivity contribution in [2.24, 2.45) is 0 Å². The van der Waals surface area contributed by atoms with Gasteiger partial charge < -0.3 is 10.2 Å². The number of amides is 4. The minimum Gasteiger partial charge on any atom is -0.341 e. The molecule has 1 unspecified atom stereocenters. The molecule has 23 heavy (non-hydrogen) atoms. The highest BCUT2D eigenvalue weighted by atomic mass is 32.2. The van der Waals surface area contributed by atoms with Crippen molar-refractivity contribution in [2.75, 3.05) is 29.5 Å². The van der Waals surface area contributed by atoms with Gasteiger partial charge in [0.2, 0.25) is 5.91 Å². The first-order valence-corrected chi connectivity index (χ1v) is 8.47. The maximum absolute atomic E-state index is 13.0. The molecular weight excluding hydrogens is 321 g/mol. The molecule has 1 aromatic carbocycles. The molecule has 0 bridgehead atoms. The summed E-state index contributed by atoms with van der Waals surface area (Å²) in [6.45, 7) is 1.33. The summed E-state index contributed by atoms with van der Waals surface area (Å²) >= 11 is 1.79. The summed E-state index contributed by atoms with van der Waals surface area (Å²) in [4.78, 5) is 39.3. The Kier molecular flexibility index (Phi) is 4.51. The number of anilines is 1. The molecule has 2 fully saturated rings. The second-order valence-electron chi connectivity index (χ2n) is 5.35. The monoisotopic (exact) mass is 337 g/mol. The first-order valence-electron chi connectivity index (χ1n) is 7.32. The van der Waals surface area contributed by atoms with Gasteiger partial charge in [-0.05, 0) is 24.3 Å². The molecular formula is C15H16FN3O3S. The van der Waals surface area contributed by atoms with Crippen molar-refractivity contribution < 1.29 is 18.8 Å². The second kappa shape index (κ2) is 6.57. The van der Waals surface area contributed by atoms with Gasteiger partial charge in [-0.2, -0.15) is 11.8 Å². The van der Waals surface area contributed by atoms with Crippen LogP contribution in [0.2, 0.25) is 0 Å². The number of hydrogen-bond donors (Lipinski definition) is 1. The molecule has 2 saturated heterocycles. The Balaban J connectivity index is 1.68. The fourth-order valence-corrected chi connectivity index (χ4v) is 3.52. The van der Waals surface area contributed by atoms with Gasteiger partial charge in [-0.1, -0.05) is 0 Å². The highest BCUT2D eigenvalue weighted by Crippen LogP contribution is 2.21. The SMILES string of the molecule is O=C(CC1NC(=O)N(c2ccc(F)cc2)C1=O)N1CCSCC1. The molecule has 6 nitrogen and oxygen atoms in total. The summed E-state index contributed by atoms with van der Waals surface area (Å²) in [6.07, 6.45) is -0.0487. The molecule has 122 valence electrons. The first-order chi connectivity index (χ1) is 11.1. The molecule has 0 aliphatic carbocycles. The van der Waals surface area contributed by atoms with Crippen LogP contribution < -0.4 is 10.2 Å². The Labute approximate surface area is 137 Å². The molecule has 8 heteroatoms. The van der Waals surface area contributed by atoms with Gasteiger partial charge in [0.25, 0.3) is 5.91 Å². The molecule has 1 atom stereocenters. The number of hydrogen-bond acceptors (Lipinski definition) is 4. The van der Waals surface area contributed by atoms with Crippen molar-refractivity contribution in [1.82, 2.24) is 10.2 Å². The van der Waals surface area contributed by atoms with Gasteiger partial charge in [-0.3, -0.25) is 9.59 Å². The normalized spacial score (nSPS) is 21.5. The number of halogens is 1. The average Bonchev–Trinajstić information content (AvgIpc) is 2.83. The van der Waals surface area contributed by atoms with Crippen molar-refractivity contribution in [3.63, 3.8) is 0 Å². The fourth-order valence-electron chi connectivity index (χ4n) is 2.62. The number of urea groups is 1. The van der Waals surface area contributed by atoms with Crippen molar-refractivity contribution >= 4 is 35.3 Å². The fraction of sp³-hybridized carbons (Fsp3) is 0.400. The largest absolute Gasteiger partial charge is 0.341 e. The van der Waals surface area contributed by atoms with E-state index < -0.39 is 23.8 Å². The minimum atomic E-state index is -0.866. The lowest BCUT2D eigenvalue weighted by Crippen LogP contribution is -2.42. The van der Waals surface area contributed by atoms with Crippen LogP contribution in [0.15, 0.2) is 24.3 Å². The van der Waals surface area contributed by atoms with E-state index in [2.05, 4.69) is 5.32 Å². The predicted octanol–water partition coefficient (Wildman–Crippen LogP) is 1.22. The summed E-state index contributed by atoms with van der Waals surface area (Å²) in [6, 6.07) is 3.63. The van der Waals surface area contributed by atoms with E-state index >= 15 is 0 Å². The standard InChI is InChI=1S/C15H16FN3O3S/c16-10-1-3-11(4-2-10)19-14(21)12(17-15(19)22)9-13(20)18-5-7-23-8-6-18/h1-4,12H,5-9H2,(H,17,22). The van der Waals surface area contributed by atoms with Crippen molar-refractivity contribution in [2.45, 2.75) is 12.5 Å². The molecule has 2 aliphatic heterocycles. The lowest BCUT2D eigenvalue weighted by Gasteiger charge is -2.27. The highest BCUT2D eigenvalue weighted by molar-refractivity contribution is 7.99. The van der Waals surface area contributed by atoms with Crippen LogP contribution in [0.1, 0.15) is 6.42 Å². The molecule has 0 radical (unpaired) electrons. The molecule has 0 spiro atoms. The van der Waals surface area contributed by atoms with Gasteiger partial charge >= 0.3 is 6.03 Å². The van der Waals surface area contributed by atoms with Gasteiger partial charge in [0.05, 0.1) is 12.1 Å². The molecule has 2 aliphatic rings. The van der Waals surface area contributed by atoms with Crippen LogP contribution in [-0.4, -0.2) is 53.4 Å². The maximum atomic E-state index is 13.0. The number of imide groups is 1. The van der Waals surface area contributed by atoms with Crippen LogP contribution in [0.25, 0.3) is 0 Å². The summed E-state index contributed by atoms with van der Waals surface area (Å²) in [5.41, 5.74) is 0.290.